The van der Waals surface area contributed by atoms with E-state index >= 15 is 0 Å². The topological polar surface area (TPSA) is 144 Å². The van der Waals surface area contributed by atoms with Gasteiger partial charge in [0.2, 0.25) is 0 Å². The minimum Gasteiger partial charge on any atom is -0.423 e. The van der Waals surface area contributed by atoms with Crippen molar-refractivity contribution in [2.75, 3.05) is 5.88 Å². The van der Waals surface area contributed by atoms with E-state index in [4.69, 9.17) is 31.0 Å². The number of carbonyl (C=O) groups is 5. The fourth-order valence-electron chi connectivity index (χ4n) is 4.27. The number of hydrogen-bond donors (Lipinski definition) is 2. The van der Waals surface area contributed by atoms with Crippen LogP contribution in [0.2, 0.25) is 0 Å². The lowest BCUT2D eigenvalue weighted by Gasteiger charge is -2.32. The van der Waals surface area contributed by atoms with E-state index in [1.807, 2.05) is 121 Å². The average molecular weight is 825 g/mol. The van der Waals surface area contributed by atoms with Crippen LogP contribution in [0.5, 0.6) is 0 Å². The van der Waals surface area contributed by atoms with Gasteiger partial charge in [0, 0.05) is 42.4 Å². The number of carbonyl (C=O) groups excluding carboxylic acids is 5. The van der Waals surface area contributed by atoms with Crippen LogP contribution >= 0.6 is 11.6 Å². The molecular weight excluding hydrogens is 754 g/mol. The maximum absolute atomic E-state index is 11.8. The minimum atomic E-state index is -1.44. The molecule has 1 aliphatic heterocycles. The molecule has 2 N–H and O–H groups in total. The van der Waals surface area contributed by atoms with Gasteiger partial charge in [-0.1, -0.05) is 131 Å². The van der Waals surface area contributed by atoms with Crippen LogP contribution in [0, 0.1) is 29.6 Å². The highest BCUT2D eigenvalue weighted by molar-refractivity contribution is 6.62. The Balaban J connectivity index is 0. The standard InChI is InChI=1S/C17H25BO3.C11H15BO3.C7H12O.C6H10O.C5H9ClO/c1-12(2)15(19)11-13-7-9-14(10-8-13)18-20-16(3,4)17(5,6)21-18;1-8(2)11(13)7-9-3-5-10(6-4-9)12(14)15;1-5(2)7(8)6(3)4;1-4-6(7)5(2)3;1-4(2)5(7)3-6/h7-10,12H,11H2,1-6H3;3-6,8,14-15H,7H2,1-2H3;6H,1H2,2-4H3;4-5H,1H2,2-3H3;4H,3H2,1-2H3. The Morgan fingerprint density at radius 2 is 1.03 bits per heavy atom. The maximum Gasteiger partial charge on any atom is 0.494 e. The molecule has 9 nitrogen and oxygen atoms in total. The van der Waals surface area contributed by atoms with Crippen molar-refractivity contribution in [3.05, 3.63) is 84.5 Å². The summed E-state index contributed by atoms with van der Waals surface area (Å²) in [4.78, 5) is 54.7. The predicted molar refractivity (Wildman–Crippen MR) is 241 cm³/mol. The zero-order valence-electron chi connectivity index (χ0n) is 37.9. The van der Waals surface area contributed by atoms with Gasteiger partial charge in [0.15, 0.2) is 11.6 Å². The van der Waals surface area contributed by atoms with E-state index in [9.17, 15) is 24.0 Å². The quantitative estimate of drug-likeness (QED) is 0.112. The third-order valence-electron chi connectivity index (χ3n) is 9.32. The summed E-state index contributed by atoms with van der Waals surface area (Å²) < 4.78 is 12.0. The van der Waals surface area contributed by atoms with E-state index < -0.39 is 7.12 Å². The lowest BCUT2D eigenvalue weighted by atomic mass is 9.78. The molecule has 0 atom stereocenters. The summed E-state index contributed by atoms with van der Waals surface area (Å²) in [5.41, 5.74) is 3.37. The van der Waals surface area contributed by atoms with Gasteiger partial charge in [-0.2, -0.15) is 0 Å². The summed E-state index contributed by atoms with van der Waals surface area (Å²) in [5, 5.41) is 17.7. The molecule has 2 aromatic carbocycles. The highest BCUT2D eigenvalue weighted by Crippen LogP contribution is 2.36. The fourth-order valence-corrected chi connectivity index (χ4v) is 4.58. The number of halogens is 1. The maximum atomic E-state index is 11.8. The lowest BCUT2D eigenvalue weighted by molar-refractivity contribution is -0.122. The molecule has 0 bridgehead atoms. The summed E-state index contributed by atoms with van der Waals surface area (Å²) in [6.45, 7) is 35.5. The van der Waals surface area contributed by atoms with Gasteiger partial charge in [0.25, 0.3) is 0 Å². The van der Waals surface area contributed by atoms with Crippen LogP contribution in [-0.4, -0.2) is 70.3 Å². The molecule has 0 saturated carbocycles. The van der Waals surface area contributed by atoms with Gasteiger partial charge in [-0.25, -0.2) is 0 Å². The zero-order valence-corrected chi connectivity index (χ0v) is 38.7. The minimum absolute atomic E-state index is 0.0353. The molecule has 0 aliphatic carbocycles. The summed E-state index contributed by atoms with van der Waals surface area (Å²) in [7, 11) is -1.79. The Kier molecular flexibility index (Phi) is 26.7. The Bertz CT molecular complexity index is 1590. The summed E-state index contributed by atoms with van der Waals surface area (Å²) in [5.74, 6) is 1.40. The van der Waals surface area contributed by atoms with E-state index in [0.717, 1.165) is 16.6 Å². The molecule has 1 fully saturated rings. The number of rotatable bonds is 14. The molecule has 0 unspecified atom stereocenters. The highest BCUT2D eigenvalue weighted by Gasteiger charge is 2.51. The number of Topliss-reactive ketones (excluding diaryl/α,β-unsaturated/α-hetero) is 4. The second kappa shape index (κ2) is 27.3. The van der Waals surface area contributed by atoms with Crippen molar-refractivity contribution >= 4 is 65.7 Å². The molecule has 12 heteroatoms. The van der Waals surface area contributed by atoms with Crippen molar-refractivity contribution in [1.29, 1.82) is 0 Å². The molecule has 2 aromatic rings. The monoisotopic (exact) mass is 824 g/mol. The first-order chi connectivity index (χ1) is 26.5. The van der Waals surface area contributed by atoms with Crippen molar-refractivity contribution < 1.29 is 43.3 Å². The van der Waals surface area contributed by atoms with E-state index in [2.05, 4.69) is 13.2 Å². The number of ketones is 5. The summed E-state index contributed by atoms with van der Waals surface area (Å²) in [6, 6.07) is 14.7. The third kappa shape index (κ3) is 22.1. The van der Waals surface area contributed by atoms with Gasteiger partial charge < -0.3 is 19.4 Å². The van der Waals surface area contributed by atoms with E-state index in [1.54, 1.807) is 31.2 Å². The average Bonchev–Trinajstić information content (AvgIpc) is 3.37. The van der Waals surface area contributed by atoms with Crippen LogP contribution in [0.25, 0.3) is 0 Å². The molecule has 1 aliphatic rings. The molecule has 1 heterocycles. The number of allylic oxidation sites excluding steroid dienone is 2. The van der Waals surface area contributed by atoms with Crippen LogP contribution in [-0.2, 0) is 46.1 Å². The summed E-state index contributed by atoms with van der Waals surface area (Å²) >= 11 is 5.20. The Morgan fingerprint density at radius 1 is 0.672 bits per heavy atom. The Labute approximate surface area is 355 Å². The van der Waals surface area contributed by atoms with Crippen molar-refractivity contribution in [2.24, 2.45) is 29.6 Å². The van der Waals surface area contributed by atoms with Gasteiger partial charge in [-0.05, 0) is 68.3 Å². The SMILES string of the molecule is C=C(C)C(=O)C(C)C.C=CC(=O)C(C)C.CC(C)C(=O)CCl.CC(C)C(=O)Cc1ccc(B(O)O)cc1.CC(C)C(=O)Cc1ccc(B2OC(C)(C)C(C)(C)O2)cc1. The van der Waals surface area contributed by atoms with Gasteiger partial charge in [0.05, 0.1) is 17.1 Å². The number of hydrogen-bond acceptors (Lipinski definition) is 9. The predicted octanol–water partition coefficient (Wildman–Crippen LogP) is 7.52. The third-order valence-corrected chi connectivity index (χ3v) is 9.58. The zero-order chi connectivity index (χ0) is 45.7. The van der Waals surface area contributed by atoms with Gasteiger partial charge in [0.1, 0.15) is 17.3 Å². The Hall–Kier alpha value is -3.47. The molecule has 0 aromatic heterocycles. The normalized spacial score (nSPS) is 13.5. The van der Waals surface area contributed by atoms with Crippen molar-refractivity contribution in [3.8, 4) is 0 Å². The molecule has 3 rings (SSSR count). The largest absolute Gasteiger partial charge is 0.494 e. The first-order valence-electron chi connectivity index (χ1n) is 19.9. The molecular formula is C46H71B2ClO9. The van der Waals surface area contributed by atoms with Crippen molar-refractivity contribution in [1.82, 2.24) is 0 Å². The summed E-state index contributed by atoms with van der Waals surface area (Å²) in [6.07, 6.45) is 2.24. The first kappa shape index (κ1) is 56.6. The highest BCUT2D eigenvalue weighted by atomic mass is 35.5. The van der Waals surface area contributed by atoms with Crippen LogP contribution < -0.4 is 10.9 Å². The molecule has 0 amide bonds. The van der Waals surface area contributed by atoms with Crippen LogP contribution in [0.4, 0.5) is 0 Å². The first-order valence-corrected chi connectivity index (χ1v) is 20.5. The number of alkyl halides is 1. The van der Waals surface area contributed by atoms with Gasteiger partial charge in [-0.3, -0.25) is 24.0 Å². The smallest absolute Gasteiger partial charge is 0.423 e. The molecule has 0 radical (unpaired) electrons. The van der Waals surface area contributed by atoms with E-state index in [-0.39, 0.29) is 82.7 Å². The second-order valence-corrected chi connectivity index (χ2v) is 17.1. The fraction of sp³-hybridized carbons (Fsp3) is 0.543. The Morgan fingerprint density at radius 3 is 1.24 bits per heavy atom. The molecule has 1 saturated heterocycles. The number of benzene rings is 2. The van der Waals surface area contributed by atoms with Crippen molar-refractivity contribution in [3.63, 3.8) is 0 Å². The van der Waals surface area contributed by atoms with Crippen LogP contribution in [0.3, 0.4) is 0 Å². The lowest BCUT2D eigenvalue weighted by Crippen LogP contribution is -2.41. The van der Waals surface area contributed by atoms with Gasteiger partial charge in [-0.15, -0.1) is 11.6 Å². The van der Waals surface area contributed by atoms with E-state index in [0.29, 0.717) is 23.9 Å². The second-order valence-electron chi connectivity index (χ2n) is 16.9. The van der Waals surface area contributed by atoms with Crippen molar-refractivity contribution in [2.45, 2.75) is 128 Å². The van der Waals surface area contributed by atoms with Gasteiger partial charge >= 0.3 is 14.2 Å². The molecule has 0 spiro atoms. The molecule has 322 valence electrons. The molecule has 58 heavy (non-hydrogen) atoms. The van der Waals surface area contributed by atoms with E-state index in [1.165, 1.54) is 6.08 Å². The van der Waals surface area contributed by atoms with Crippen LogP contribution in [0.1, 0.15) is 115 Å². The van der Waals surface area contributed by atoms with Crippen LogP contribution in [0.15, 0.2) is 73.3 Å².